The summed E-state index contributed by atoms with van der Waals surface area (Å²) in [6, 6.07) is 12.0. The Kier molecular flexibility index (Phi) is 3.65. The SMILES string of the molecule is NC(c1cc(Br)ccc1Br)c1cccc2c1OCC2. The fourth-order valence-corrected chi connectivity index (χ4v) is 3.28. The van der Waals surface area contributed by atoms with Gasteiger partial charge in [0, 0.05) is 20.9 Å². The average molecular weight is 383 g/mol. The van der Waals surface area contributed by atoms with E-state index in [4.69, 9.17) is 10.5 Å². The van der Waals surface area contributed by atoms with Crippen LogP contribution in [0.1, 0.15) is 22.7 Å². The van der Waals surface area contributed by atoms with Crippen LogP contribution in [-0.4, -0.2) is 6.61 Å². The lowest BCUT2D eigenvalue weighted by Gasteiger charge is -2.17. The van der Waals surface area contributed by atoms with Crippen LogP contribution in [-0.2, 0) is 6.42 Å². The van der Waals surface area contributed by atoms with Gasteiger partial charge in [-0.3, -0.25) is 0 Å². The molecule has 0 aromatic heterocycles. The zero-order valence-corrected chi connectivity index (χ0v) is 13.4. The molecule has 98 valence electrons. The second-order valence-corrected chi connectivity index (χ2v) is 6.35. The van der Waals surface area contributed by atoms with E-state index in [2.05, 4.69) is 44.0 Å². The minimum Gasteiger partial charge on any atom is -0.493 e. The molecule has 2 aromatic rings. The van der Waals surface area contributed by atoms with Gasteiger partial charge in [-0.15, -0.1) is 0 Å². The Bertz CT molecular complexity index is 628. The first-order valence-electron chi connectivity index (χ1n) is 6.12. The molecule has 2 N–H and O–H groups in total. The Labute approximate surface area is 129 Å². The molecule has 2 aromatic carbocycles. The highest BCUT2D eigenvalue weighted by Crippen LogP contribution is 2.37. The fourth-order valence-electron chi connectivity index (χ4n) is 2.41. The number of nitrogens with two attached hydrogens (primary N) is 1. The lowest BCUT2D eigenvalue weighted by molar-refractivity contribution is 0.352. The van der Waals surface area contributed by atoms with E-state index in [0.717, 1.165) is 38.8 Å². The van der Waals surface area contributed by atoms with E-state index in [1.807, 2.05) is 24.3 Å². The van der Waals surface area contributed by atoms with E-state index in [1.54, 1.807) is 0 Å². The molecule has 0 saturated carbocycles. The summed E-state index contributed by atoms with van der Waals surface area (Å²) in [5.74, 6) is 0.960. The summed E-state index contributed by atoms with van der Waals surface area (Å²) in [7, 11) is 0. The van der Waals surface area contributed by atoms with Gasteiger partial charge in [0.15, 0.2) is 0 Å². The number of halogens is 2. The highest BCUT2D eigenvalue weighted by Gasteiger charge is 2.22. The molecule has 1 atom stereocenters. The predicted octanol–water partition coefficient (Wildman–Crippen LogP) is 4.19. The third kappa shape index (κ3) is 2.45. The van der Waals surface area contributed by atoms with Crippen LogP contribution in [0.25, 0.3) is 0 Å². The topological polar surface area (TPSA) is 35.2 Å². The third-order valence-electron chi connectivity index (χ3n) is 3.37. The molecule has 0 aliphatic carbocycles. The summed E-state index contributed by atoms with van der Waals surface area (Å²) < 4.78 is 7.77. The second-order valence-electron chi connectivity index (χ2n) is 4.58. The monoisotopic (exact) mass is 381 g/mol. The zero-order chi connectivity index (χ0) is 13.4. The van der Waals surface area contributed by atoms with E-state index in [1.165, 1.54) is 5.56 Å². The summed E-state index contributed by atoms with van der Waals surface area (Å²) in [4.78, 5) is 0. The molecule has 1 aliphatic heterocycles. The van der Waals surface area contributed by atoms with Gasteiger partial charge in [0.05, 0.1) is 12.6 Å². The van der Waals surface area contributed by atoms with Gasteiger partial charge >= 0.3 is 0 Å². The van der Waals surface area contributed by atoms with Gasteiger partial charge in [-0.2, -0.15) is 0 Å². The molecule has 0 saturated heterocycles. The molecule has 0 amide bonds. The van der Waals surface area contributed by atoms with Gasteiger partial charge in [-0.1, -0.05) is 50.1 Å². The molecule has 2 nitrogen and oxygen atoms in total. The van der Waals surface area contributed by atoms with Crippen molar-refractivity contribution >= 4 is 31.9 Å². The molecule has 19 heavy (non-hydrogen) atoms. The average Bonchev–Trinajstić information content (AvgIpc) is 2.89. The van der Waals surface area contributed by atoms with Gasteiger partial charge in [-0.25, -0.2) is 0 Å². The Morgan fingerprint density at radius 3 is 2.79 bits per heavy atom. The number of benzene rings is 2. The lowest BCUT2D eigenvalue weighted by Crippen LogP contribution is -2.13. The van der Waals surface area contributed by atoms with Crippen LogP contribution in [0.3, 0.4) is 0 Å². The van der Waals surface area contributed by atoms with Crippen molar-refractivity contribution in [1.82, 2.24) is 0 Å². The normalized spacial score (nSPS) is 14.9. The largest absolute Gasteiger partial charge is 0.493 e. The van der Waals surface area contributed by atoms with Crippen LogP contribution in [0.2, 0.25) is 0 Å². The van der Waals surface area contributed by atoms with Crippen molar-refractivity contribution in [3.8, 4) is 5.75 Å². The summed E-state index contributed by atoms with van der Waals surface area (Å²) in [5.41, 5.74) is 9.78. The van der Waals surface area contributed by atoms with Crippen molar-refractivity contribution < 1.29 is 4.74 Å². The number of ether oxygens (including phenoxy) is 1. The molecule has 3 rings (SSSR count). The van der Waals surface area contributed by atoms with E-state index in [0.29, 0.717) is 0 Å². The van der Waals surface area contributed by atoms with Crippen LogP contribution in [0.15, 0.2) is 45.3 Å². The van der Waals surface area contributed by atoms with E-state index in [-0.39, 0.29) is 6.04 Å². The molecule has 1 aliphatic rings. The van der Waals surface area contributed by atoms with Crippen molar-refractivity contribution in [3.63, 3.8) is 0 Å². The maximum Gasteiger partial charge on any atom is 0.127 e. The predicted molar refractivity (Wildman–Crippen MR) is 83.5 cm³/mol. The molecule has 1 heterocycles. The van der Waals surface area contributed by atoms with Crippen molar-refractivity contribution in [2.24, 2.45) is 5.73 Å². The molecule has 0 spiro atoms. The summed E-state index contributed by atoms with van der Waals surface area (Å²) >= 11 is 7.06. The molecule has 0 fully saturated rings. The Hall–Kier alpha value is -0.840. The van der Waals surface area contributed by atoms with Crippen LogP contribution in [0, 0.1) is 0 Å². The first kappa shape index (κ1) is 13.2. The molecule has 4 heteroatoms. The van der Waals surface area contributed by atoms with Crippen molar-refractivity contribution in [3.05, 3.63) is 62.0 Å². The smallest absolute Gasteiger partial charge is 0.127 e. The van der Waals surface area contributed by atoms with Gasteiger partial charge in [0.25, 0.3) is 0 Å². The quantitative estimate of drug-likeness (QED) is 0.844. The molecular formula is C15H13Br2NO. The van der Waals surface area contributed by atoms with Gasteiger partial charge in [0.2, 0.25) is 0 Å². The number of para-hydroxylation sites is 1. The Balaban J connectivity index is 2.07. The summed E-state index contributed by atoms with van der Waals surface area (Å²) in [6.07, 6.45) is 0.968. The van der Waals surface area contributed by atoms with E-state index < -0.39 is 0 Å². The molecule has 0 bridgehead atoms. The first-order valence-corrected chi connectivity index (χ1v) is 7.70. The maximum atomic E-state index is 6.43. The molecular weight excluding hydrogens is 370 g/mol. The maximum absolute atomic E-state index is 6.43. The van der Waals surface area contributed by atoms with E-state index >= 15 is 0 Å². The van der Waals surface area contributed by atoms with Gasteiger partial charge in [-0.05, 0) is 29.3 Å². The van der Waals surface area contributed by atoms with Gasteiger partial charge < -0.3 is 10.5 Å². The second kappa shape index (κ2) is 5.27. The van der Waals surface area contributed by atoms with Crippen LogP contribution >= 0.6 is 31.9 Å². The summed E-state index contributed by atoms with van der Waals surface area (Å²) in [6.45, 7) is 0.749. The van der Waals surface area contributed by atoms with Crippen molar-refractivity contribution in [1.29, 1.82) is 0 Å². The number of fused-ring (bicyclic) bond motifs is 1. The van der Waals surface area contributed by atoms with Crippen LogP contribution in [0.5, 0.6) is 5.75 Å². The lowest BCUT2D eigenvalue weighted by atomic mass is 9.97. The standard InChI is InChI=1S/C15H13Br2NO/c16-10-4-5-13(17)12(8-10)14(18)11-3-1-2-9-6-7-19-15(9)11/h1-5,8,14H,6-7,18H2. The summed E-state index contributed by atoms with van der Waals surface area (Å²) in [5, 5.41) is 0. The fraction of sp³-hybridized carbons (Fsp3) is 0.200. The minimum atomic E-state index is -0.195. The van der Waals surface area contributed by atoms with E-state index in [9.17, 15) is 0 Å². The third-order valence-corrected chi connectivity index (χ3v) is 4.59. The van der Waals surface area contributed by atoms with Crippen LogP contribution < -0.4 is 10.5 Å². The van der Waals surface area contributed by atoms with Gasteiger partial charge in [0.1, 0.15) is 5.75 Å². The number of hydrogen-bond acceptors (Lipinski definition) is 2. The Morgan fingerprint density at radius 1 is 1.11 bits per heavy atom. The highest BCUT2D eigenvalue weighted by molar-refractivity contribution is 9.11. The highest BCUT2D eigenvalue weighted by atomic mass is 79.9. The van der Waals surface area contributed by atoms with Crippen LogP contribution in [0.4, 0.5) is 0 Å². The van der Waals surface area contributed by atoms with Crippen molar-refractivity contribution in [2.45, 2.75) is 12.5 Å². The Morgan fingerprint density at radius 2 is 1.95 bits per heavy atom. The zero-order valence-electron chi connectivity index (χ0n) is 10.2. The molecule has 0 radical (unpaired) electrons. The number of hydrogen-bond donors (Lipinski definition) is 1. The molecule has 1 unspecified atom stereocenters. The number of rotatable bonds is 2. The van der Waals surface area contributed by atoms with Crippen molar-refractivity contribution in [2.75, 3.05) is 6.61 Å². The minimum absolute atomic E-state index is 0.195. The first-order chi connectivity index (χ1) is 9.16.